The van der Waals surface area contributed by atoms with E-state index in [0.29, 0.717) is 5.41 Å². The lowest BCUT2D eigenvalue weighted by Crippen LogP contribution is -2.11. The predicted octanol–water partition coefficient (Wildman–Crippen LogP) is 9.85. The second kappa shape index (κ2) is 18.8. The molecular formula is C25H52. The van der Waals surface area contributed by atoms with Crippen LogP contribution in [0, 0.1) is 5.41 Å². The van der Waals surface area contributed by atoms with Gasteiger partial charge in [-0.05, 0) is 18.3 Å². The van der Waals surface area contributed by atoms with Gasteiger partial charge in [0.15, 0.2) is 0 Å². The molecule has 0 aliphatic rings. The van der Waals surface area contributed by atoms with Gasteiger partial charge in [0.1, 0.15) is 0 Å². The average Bonchev–Trinajstić information content (AvgIpc) is 2.59. The van der Waals surface area contributed by atoms with Gasteiger partial charge in [-0.15, -0.1) is 0 Å². The normalized spacial score (nSPS) is 12.0. The van der Waals surface area contributed by atoms with E-state index < -0.39 is 0 Å². The van der Waals surface area contributed by atoms with Gasteiger partial charge in [-0.2, -0.15) is 0 Å². The summed E-state index contributed by atoms with van der Waals surface area (Å²) >= 11 is 0. The maximum Gasteiger partial charge on any atom is -0.0354 e. The molecule has 0 aliphatic carbocycles. The van der Waals surface area contributed by atoms with Crippen LogP contribution in [-0.2, 0) is 0 Å². The van der Waals surface area contributed by atoms with Crippen LogP contribution in [0.3, 0.4) is 0 Å². The van der Waals surface area contributed by atoms with Gasteiger partial charge in [-0.25, -0.2) is 0 Å². The van der Waals surface area contributed by atoms with Gasteiger partial charge in [-0.3, -0.25) is 0 Å². The first-order valence-electron chi connectivity index (χ1n) is 12.1. The summed E-state index contributed by atoms with van der Waals surface area (Å²) in [5, 5.41) is 0. The molecule has 0 fully saturated rings. The molecule has 0 aliphatic heterocycles. The van der Waals surface area contributed by atoms with Crippen LogP contribution in [0.4, 0.5) is 0 Å². The monoisotopic (exact) mass is 352 g/mol. The SMILES string of the molecule is CCCCCCCCCCCCCC(C)(C)CCCCCCCCC. The fraction of sp³-hybridized carbons (Fsp3) is 1.00. The molecule has 0 atom stereocenters. The third-order valence-corrected chi connectivity index (χ3v) is 5.91. The van der Waals surface area contributed by atoms with Crippen LogP contribution in [0.25, 0.3) is 0 Å². The molecule has 0 heteroatoms. The van der Waals surface area contributed by atoms with Crippen molar-refractivity contribution in [3.63, 3.8) is 0 Å². The molecule has 0 aromatic rings. The Morgan fingerprint density at radius 2 is 0.600 bits per heavy atom. The molecular weight excluding hydrogens is 300 g/mol. The minimum atomic E-state index is 0.586. The highest BCUT2D eigenvalue weighted by molar-refractivity contribution is 4.68. The van der Waals surface area contributed by atoms with Crippen LogP contribution in [0.1, 0.15) is 156 Å². The standard InChI is InChI=1S/C25H52/c1-5-7-9-11-13-14-15-16-18-20-22-24-25(3,4)23-21-19-17-12-10-8-6-2/h5-24H2,1-4H3. The van der Waals surface area contributed by atoms with Gasteiger partial charge in [0, 0.05) is 0 Å². The van der Waals surface area contributed by atoms with Gasteiger partial charge in [0.05, 0.1) is 0 Å². The Labute approximate surface area is 161 Å². The van der Waals surface area contributed by atoms with Gasteiger partial charge >= 0.3 is 0 Å². The quantitative estimate of drug-likeness (QED) is 0.191. The molecule has 152 valence electrons. The van der Waals surface area contributed by atoms with Crippen LogP contribution in [0.15, 0.2) is 0 Å². The molecule has 0 saturated heterocycles. The van der Waals surface area contributed by atoms with E-state index in [1.54, 1.807) is 0 Å². The van der Waals surface area contributed by atoms with E-state index in [2.05, 4.69) is 27.7 Å². The van der Waals surface area contributed by atoms with E-state index in [1.807, 2.05) is 0 Å². The molecule has 0 radical (unpaired) electrons. The van der Waals surface area contributed by atoms with Crippen LogP contribution in [0.5, 0.6) is 0 Å². The summed E-state index contributed by atoms with van der Waals surface area (Å²) in [5.41, 5.74) is 0.586. The predicted molar refractivity (Wildman–Crippen MR) is 117 cm³/mol. The third kappa shape index (κ3) is 20.2. The van der Waals surface area contributed by atoms with E-state index in [0.717, 1.165) is 0 Å². The van der Waals surface area contributed by atoms with Gasteiger partial charge < -0.3 is 0 Å². The van der Waals surface area contributed by atoms with Crippen molar-refractivity contribution in [3.05, 3.63) is 0 Å². The maximum absolute atomic E-state index is 2.50. The Morgan fingerprint density at radius 3 is 0.880 bits per heavy atom. The Hall–Kier alpha value is 0. The fourth-order valence-corrected chi connectivity index (χ4v) is 3.95. The lowest BCUT2D eigenvalue weighted by molar-refractivity contribution is 0.282. The van der Waals surface area contributed by atoms with E-state index in [1.165, 1.54) is 128 Å². The number of rotatable bonds is 20. The Morgan fingerprint density at radius 1 is 0.360 bits per heavy atom. The Balaban J connectivity index is 3.30. The van der Waals surface area contributed by atoms with Crippen molar-refractivity contribution >= 4 is 0 Å². The van der Waals surface area contributed by atoms with Crippen molar-refractivity contribution < 1.29 is 0 Å². The number of unbranched alkanes of at least 4 members (excludes halogenated alkanes) is 16. The highest BCUT2D eigenvalue weighted by atomic mass is 14.2. The zero-order valence-electron chi connectivity index (χ0n) is 18.6. The minimum Gasteiger partial charge on any atom is -0.0654 e. The minimum absolute atomic E-state index is 0.586. The molecule has 0 saturated carbocycles. The lowest BCUT2D eigenvalue weighted by atomic mass is 9.82. The van der Waals surface area contributed by atoms with Gasteiger partial charge in [0.25, 0.3) is 0 Å². The first kappa shape index (κ1) is 25.0. The van der Waals surface area contributed by atoms with Crippen molar-refractivity contribution in [2.24, 2.45) is 5.41 Å². The summed E-state index contributed by atoms with van der Waals surface area (Å²) in [7, 11) is 0. The largest absolute Gasteiger partial charge is 0.0654 e. The van der Waals surface area contributed by atoms with Crippen LogP contribution < -0.4 is 0 Å². The molecule has 0 amide bonds. The summed E-state index contributed by atoms with van der Waals surface area (Å²) in [6.45, 7) is 9.61. The second-order valence-corrected chi connectivity index (χ2v) is 9.32. The van der Waals surface area contributed by atoms with Gasteiger partial charge in [0.2, 0.25) is 0 Å². The molecule has 0 heterocycles. The van der Waals surface area contributed by atoms with Crippen molar-refractivity contribution in [1.82, 2.24) is 0 Å². The van der Waals surface area contributed by atoms with E-state index in [9.17, 15) is 0 Å². The molecule has 0 spiro atoms. The maximum atomic E-state index is 2.50. The van der Waals surface area contributed by atoms with Crippen molar-refractivity contribution in [1.29, 1.82) is 0 Å². The number of hydrogen-bond donors (Lipinski definition) is 0. The van der Waals surface area contributed by atoms with Crippen molar-refractivity contribution in [3.8, 4) is 0 Å². The Kier molecular flexibility index (Phi) is 18.8. The van der Waals surface area contributed by atoms with Gasteiger partial charge in [-0.1, -0.05) is 143 Å². The summed E-state index contributed by atoms with van der Waals surface area (Å²) in [6.07, 6.45) is 29.1. The van der Waals surface area contributed by atoms with E-state index in [4.69, 9.17) is 0 Å². The molecule has 0 nitrogen and oxygen atoms in total. The van der Waals surface area contributed by atoms with Crippen LogP contribution in [-0.4, -0.2) is 0 Å². The highest BCUT2D eigenvalue weighted by Gasteiger charge is 2.16. The molecule has 25 heavy (non-hydrogen) atoms. The number of hydrogen-bond acceptors (Lipinski definition) is 0. The third-order valence-electron chi connectivity index (χ3n) is 5.91. The zero-order valence-corrected chi connectivity index (χ0v) is 18.6. The fourth-order valence-electron chi connectivity index (χ4n) is 3.95. The topological polar surface area (TPSA) is 0 Å². The van der Waals surface area contributed by atoms with E-state index in [-0.39, 0.29) is 0 Å². The van der Waals surface area contributed by atoms with Crippen molar-refractivity contribution in [2.75, 3.05) is 0 Å². The molecule has 0 aromatic heterocycles. The molecule has 0 bridgehead atoms. The molecule has 0 rings (SSSR count). The smallest absolute Gasteiger partial charge is 0.0354 e. The average molecular weight is 353 g/mol. The Bertz CT molecular complexity index is 240. The first-order valence-corrected chi connectivity index (χ1v) is 12.1. The summed E-state index contributed by atoms with van der Waals surface area (Å²) in [4.78, 5) is 0. The molecule has 0 aromatic carbocycles. The molecule has 0 N–H and O–H groups in total. The zero-order chi connectivity index (χ0) is 18.6. The first-order chi connectivity index (χ1) is 12.1. The summed E-state index contributed by atoms with van der Waals surface area (Å²) < 4.78 is 0. The van der Waals surface area contributed by atoms with Crippen molar-refractivity contribution in [2.45, 2.75) is 156 Å². The molecule has 0 unspecified atom stereocenters. The van der Waals surface area contributed by atoms with E-state index >= 15 is 0 Å². The van der Waals surface area contributed by atoms with Crippen LogP contribution in [0.2, 0.25) is 0 Å². The highest BCUT2D eigenvalue weighted by Crippen LogP contribution is 2.30. The van der Waals surface area contributed by atoms with Crippen LogP contribution >= 0.6 is 0 Å². The summed E-state index contributed by atoms with van der Waals surface area (Å²) in [6, 6.07) is 0. The lowest BCUT2D eigenvalue weighted by Gasteiger charge is -2.24. The second-order valence-electron chi connectivity index (χ2n) is 9.32. The summed E-state index contributed by atoms with van der Waals surface area (Å²) in [5.74, 6) is 0.